The molecule has 0 bridgehead atoms. The molecule has 7 nitrogen and oxygen atoms in total. The highest BCUT2D eigenvalue weighted by Gasteiger charge is 2.35. The van der Waals surface area contributed by atoms with E-state index in [9.17, 15) is 0 Å². The first-order valence-electron chi connectivity index (χ1n) is 11.7. The number of fused-ring (bicyclic) bond motifs is 1. The van der Waals surface area contributed by atoms with Crippen LogP contribution in [0.2, 0.25) is 0 Å². The van der Waals surface area contributed by atoms with Crippen molar-refractivity contribution in [2.75, 3.05) is 41.0 Å². The van der Waals surface area contributed by atoms with Crippen molar-refractivity contribution < 1.29 is 14.2 Å². The molecule has 1 aromatic carbocycles. The van der Waals surface area contributed by atoms with Crippen LogP contribution in [0.4, 0.5) is 0 Å². The van der Waals surface area contributed by atoms with Crippen molar-refractivity contribution in [3.8, 4) is 11.5 Å². The molecule has 1 saturated heterocycles. The normalized spacial score (nSPS) is 19.8. The van der Waals surface area contributed by atoms with Crippen LogP contribution in [0.3, 0.4) is 0 Å². The summed E-state index contributed by atoms with van der Waals surface area (Å²) in [6, 6.07) is 6.08. The van der Waals surface area contributed by atoms with Crippen LogP contribution in [0.25, 0.3) is 10.9 Å². The standard InChI is InChI=1S/C25H40N4O3/c1-25(2,3)23-17(9-8-12-32-23)16-28-24(26-4)27-11-7-10-18-13-20-21(29-18)14-19(30-5)15-22(20)31-6/h13-15,17,23,29H,7-12,16H2,1-6H3,(H2,26,27,28). The number of aromatic nitrogens is 1. The molecule has 0 amide bonds. The van der Waals surface area contributed by atoms with Crippen molar-refractivity contribution in [3.05, 3.63) is 23.9 Å². The van der Waals surface area contributed by atoms with Crippen molar-refractivity contribution in [1.29, 1.82) is 0 Å². The van der Waals surface area contributed by atoms with Gasteiger partial charge in [0.25, 0.3) is 0 Å². The molecule has 0 saturated carbocycles. The SMILES string of the molecule is CN=C(NCCCc1cc2c(OC)cc(OC)cc2[nH]1)NCC1CCCOC1C(C)(C)C. The van der Waals surface area contributed by atoms with Gasteiger partial charge in [-0.1, -0.05) is 20.8 Å². The number of rotatable bonds is 8. The summed E-state index contributed by atoms with van der Waals surface area (Å²) in [7, 11) is 5.18. The van der Waals surface area contributed by atoms with Crippen LogP contribution in [0, 0.1) is 11.3 Å². The summed E-state index contributed by atoms with van der Waals surface area (Å²) in [5.74, 6) is 2.97. The third-order valence-corrected chi connectivity index (χ3v) is 6.15. The quantitative estimate of drug-likeness (QED) is 0.324. The molecule has 178 valence electrons. The fraction of sp³-hybridized carbons (Fsp3) is 0.640. The van der Waals surface area contributed by atoms with E-state index >= 15 is 0 Å². The molecule has 0 aliphatic carbocycles. The van der Waals surface area contributed by atoms with E-state index < -0.39 is 0 Å². The number of guanidine groups is 1. The lowest BCUT2D eigenvalue weighted by molar-refractivity contribution is -0.0835. The lowest BCUT2D eigenvalue weighted by atomic mass is 9.78. The minimum atomic E-state index is 0.149. The Kier molecular flexibility index (Phi) is 8.29. The van der Waals surface area contributed by atoms with Crippen LogP contribution in [0.1, 0.15) is 45.7 Å². The van der Waals surface area contributed by atoms with Crippen LogP contribution in [-0.2, 0) is 11.2 Å². The smallest absolute Gasteiger partial charge is 0.190 e. The second-order valence-corrected chi connectivity index (χ2v) is 9.63. The van der Waals surface area contributed by atoms with Gasteiger partial charge in [-0.05, 0) is 37.2 Å². The molecule has 0 radical (unpaired) electrons. The predicted molar refractivity (Wildman–Crippen MR) is 131 cm³/mol. The second-order valence-electron chi connectivity index (χ2n) is 9.63. The molecule has 2 unspecified atom stereocenters. The Morgan fingerprint density at radius 2 is 2.00 bits per heavy atom. The number of nitrogens with one attached hydrogen (secondary N) is 3. The monoisotopic (exact) mass is 444 g/mol. The Bertz CT molecular complexity index is 900. The molecule has 0 spiro atoms. The maximum absolute atomic E-state index is 6.10. The molecular formula is C25H40N4O3. The topological polar surface area (TPSA) is 79.9 Å². The van der Waals surface area contributed by atoms with E-state index in [2.05, 4.69) is 47.4 Å². The van der Waals surface area contributed by atoms with Crippen molar-refractivity contribution in [2.45, 2.75) is 52.6 Å². The zero-order valence-corrected chi connectivity index (χ0v) is 20.5. The van der Waals surface area contributed by atoms with Crippen molar-refractivity contribution in [3.63, 3.8) is 0 Å². The fourth-order valence-corrected chi connectivity index (χ4v) is 4.60. The molecule has 1 aliphatic rings. The first-order chi connectivity index (χ1) is 15.4. The minimum absolute atomic E-state index is 0.149. The Labute approximate surface area is 192 Å². The summed E-state index contributed by atoms with van der Waals surface area (Å²) in [5.41, 5.74) is 2.36. The van der Waals surface area contributed by atoms with Gasteiger partial charge in [-0.2, -0.15) is 0 Å². The highest BCUT2D eigenvalue weighted by Crippen LogP contribution is 2.34. The van der Waals surface area contributed by atoms with Gasteiger partial charge in [0.05, 0.1) is 25.8 Å². The number of H-pyrrole nitrogens is 1. The van der Waals surface area contributed by atoms with E-state index in [4.69, 9.17) is 14.2 Å². The number of hydrogen-bond acceptors (Lipinski definition) is 4. The first-order valence-corrected chi connectivity index (χ1v) is 11.7. The maximum Gasteiger partial charge on any atom is 0.190 e. The van der Waals surface area contributed by atoms with Crippen LogP contribution >= 0.6 is 0 Å². The largest absolute Gasteiger partial charge is 0.497 e. The lowest BCUT2D eigenvalue weighted by Crippen LogP contribution is -2.47. The summed E-state index contributed by atoms with van der Waals surface area (Å²) in [6.07, 6.45) is 4.53. The van der Waals surface area contributed by atoms with Gasteiger partial charge >= 0.3 is 0 Å². The average molecular weight is 445 g/mol. The Hall–Kier alpha value is -2.41. The highest BCUT2D eigenvalue weighted by molar-refractivity contribution is 5.88. The number of benzene rings is 1. The number of aromatic amines is 1. The van der Waals surface area contributed by atoms with Crippen LogP contribution < -0.4 is 20.1 Å². The summed E-state index contributed by atoms with van der Waals surface area (Å²) < 4.78 is 17.0. The second kappa shape index (κ2) is 10.9. The van der Waals surface area contributed by atoms with Gasteiger partial charge in [-0.25, -0.2) is 0 Å². The van der Waals surface area contributed by atoms with Gasteiger partial charge in [-0.15, -0.1) is 0 Å². The number of methoxy groups -OCH3 is 2. The fourth-order valence-electron chi connectivity index (χ4n) is 4.60. The number of aryl methyl sites for hydroxylation is 1. The summed E-state index contributed by atoms with van der Waals surface area (Å²) >= 11 is 0. The molecule has 7 heteroatoms. The molecule has 2 aromatic rings. The zero-order chi connectivity index (χ0) is 23.1. The summed E-state index contributed by atoms with van der Waals surface area (Å²) in [4.78, 5) is 7.88. The Balaban J connectivity index is 1.48. The van der Waals surface area contributed by atoms with E-state index in [-0.39, 0.29) is 11.5 Å². The van der Waals surface area contributed by atoms with Gasteiger partial charge in [0.15, 0.2) is 5.96 Å². The Morgan fingerprint density at radius 3 is 2.69 bits per heavy atom. The van der Waals surface area contributed by atoms with Gasteiger partial charge in [0.2, 0.25) is 0 Å². The van der Waals surface area contributed by atoms with Gasteiger partial charge in [-0.3, -0.25) is 4.99 Å². The molecule has 3 rings (SSSR count). The van der Waals surface area contributed by atoms with Gasteiger partial charge in [0.1, 0.15) is 11.5 Å². The molecular weight excluding hydrogens is 404 g/mol. The van der Waals surface area contributed by atoms with E-state index in [1.165, 1.54) is 12.1 Å². The summed E-state index contributed by atoms with van der Waals surface area (Å²) in [6.45, 7) is 9.39. The molecule has 1 aromatic heterocycles. The number of ether oxygens (including phenoxy) is 3. The van der Waals surface area contributed by atoms with Crippen molar-refractivity contribution in [1.82, 2.24) is 15.6 Å². The molecule has 3 N–H and O–H groups in total. The van der Waals surface area contributed by atoms with E-state index in [0.29, 0.717) is 5.92 Å². The number of hydrogen-bond donors (Lipinski definition) is 3. The maximum atomic E-state index is 6.10. The molecule has 2 atom stereocenters. The van der Waals surface area contributed by atoms with Gasteiger partial charge in [0, 0.05) is 55.9 Å². The summed E-state index contributed by atoms with van der Waals surface area (Å²) in [5, 5.41) is 8.04. The lowest BCUT2D eigenvalue weighted by Gasteiger charge is -2.40. The third kappa shape index (κ3) is 6.09. The Morgan fingerprint density at radius 1 is 1.19 bits per heavy atom. The van der Waals surface area contributed by atoms with E-state index in [0.717, 1.165) is 67.3 Å². The zero-order valence-electron chi connectivity index (χ0n) is 20.5. The molecule has 32 heavy (non-hydrogen) atoms. The van der Waals surface area contributed by atoms with E-state index in [1.807, 2.05) is 19.2 Å². The van der Waals surface area contributed by atoms with Crippen LogP contribution in [0.15, 0.2) is 23.2 Å². The first kappa shape index (κ1) is 24.2. The van der Waals surface area contributed by atoms with Crippen molar-refractivity contribution >= 4 is 16.9 Å². The average Bonchev–Trinajstić information content (AvgIpc) is 3.20. The number of aliphatic imine (C=N–C) groups is 1. The van der Waals surface area contributed by atoms with Crippen molar-refractivity contribution in [2.24, 2.45) is 16.3 Å². The molecule has 2 heterocycles. The highest BCUT2D eigenvalue weighted by atomic mass is 16.5. The predicted octanol–water partition coefficient (Wildman–Crippen LogP) is 4.12. The molecule has 1 aliphatic heterocycles. The van der Waals surface area contributed by atoms with E-state index in [1.54, 1.807) is 14.2 Å². The molecule has 1 fully saturated rings. The van der Waals surface area contributed by atoms with Gasteiger partial charge < -0.3 is 29.8 Å². The van der Waals surface area contributed by atoms with Crippen LogP contribution in [-0.4, -0.2) is 58.0 Å². The minimum Gasteiger partial charge on any atom is -0.497 e. The third-order valence-electron chi connectivity index (χ3n) is 6.15. The number of nitrogens with zero attached hydrogens (tertiary/aromatic N) is 1. The van der Waals surface area contributed by atoms with Crippen LogP contribution in [0.5, 0.6) is 11.5 Å².